The second kappa shape index (κ2) is 26.8. The maximum atomic E-state index is 12.1. The third kappa shape index (κ3) is 32.8. The van der Waals surface area contributed by atoms with Crippen molar-refractivity contribution in [1.29, 1.82) is 0 Å². The van der Waals surface area contributed by atoms with Gasteiger partial charge in [-0.25, -0.2) is 0 Å². The van der Waals surface area contributed by atoms with Crippen molar-refractivity contribution in [3.63, 3.8) is 0 Å². The van der Waals surface area contributed by atoms with E-state index in [1.165, 1.54) is 83.7 Å². The first-order valence-corrected chi connectivity index (χ1v) is 19.3. The van der Waals surface area contributed by atoms with Crippen molar-refractivity contribution < 1.29 is 19.1 Å². The Hall–Kier alpha value is -1.14. The molecular formula is C40H80N2O4. The maximum absolute atomic E-state index is 12.1. The summed E-state index contributed by atoms with van der Waals surface area (Å²) in [6.07, 6.45) is 21.1. The van der Waals surface area contributed by atoms with Crippen LogP contribution in [0.5, 0.6) is 0 Å². The fraction of sp³-hybridized carbons (Fsp3) is 0.950. The van der Waals surface area contributed by atoms with Crippen LogP contribution in [0.25, 0.3) is 0 Å². The fourth-order valence-electron chi connectivity index (χ4n) is 6.44. The van der Waals surface area contributed by atoms with Crippen molar-refractivity contribution >= 4 is 11.9 Å². The van der Waals surface area contributed by atoms with E-state index in [2.05, 4.69) is 72.4 Å². The summed E-state index contributed by atoms with van der Waals surface area (Å²) in [6, 6.07) is 0. The SMILES string of the molecule is CC(CCOC(=O)CCCCCCCCCN(CCCCCCCCCC(=O)OC(C)CC(C)(C)C)CCN(C)C)CC(C)(C)C. The van der Waals surface area contributed by atoms with Crippen molar-refractivity contribution in [3.05, 3.63) is 0 Å². The van der Waals surface area contributed by atoms with Crippen molar-refractivity contribution in [3.8, 4) is 0 Å². The van der Waals surface area contributed by atoms with Crippen molar-refractivity contribution in [1.82, 2.24) is 9.80 Å². The van der Waals surface area contributed by atoms with Crippen LogP contribution < -0.4 is 0 Å². The van der Waals surface area contributed by atoms with Crippen molar-refractivity contribution in [2.45, 2.75) is 183 Å². The molecular weight excluding hydrogens is 572 g/mol. The number of hydrogen-bond acceptors (Lipinski definition) is 6. The third-order valence-corrected chi connectivity index (χ3v) is 8.64. The minimum atomic E-state index is -0.0314. The van der Waals surface area contributed by atoms with Gasteiger partial charge >= 0.3 is 11.9 Å². The Morgan fingerprint density at radius 3 is 1.46 bits per heavy atom. The highest BCUT2D eigenvalue weighted by atomic mass is 16.5. The van der Waals surface area contributed by atoms with E-state index in [-0.39, 0.29) is 23.5 Å². The number of nitrogens with zero attached hydrogens (tertiary/aromatic N) is 2. The zero-order chi connectivity index (χ0) is 34.8. The minimum absolute atomic E-state index is 0.00679. The van der Waals surface area contributed by atoms with Gasteiger partial charge in [0.2, 0.25) is 0 Å². The predicted molar refractivity (Wildman–Crippen MR) is 197 cm³/mol. The number of likely N-dealkylation sites (N-methyl/N-ethyl adjacent to an activating group) is 1. The van der Waals surface area contributed by atoms with Crippen LogP contribution in [0, 0.1) is 16.7 Å². The van der Waals surface area contributed by atoms with Crippen LogP contribution in [0.1, 0.15) is 177 Å². The minimum Gasteiger partial charge on any atom is -0.466 e. The molecule has 0 bridgehead atoms. The van der Waals surface area contributed by atoms with Gasteiger partial charge in [0.05, 0.1) is 12.7 Å². The van der Waals surface area contributed by atoms with Crippen LogP contribution in [0.3, 0.4) is 0 Å². The lowest BCUT2D eigenvalue weighted by Gasteiger charge is -2.24. The van der Waals surface area contributed by atoms with Gasteiger partial charge in [-0.2, -0.15) is 0 Å². The summed E-state index contributed by atoms with van der Waals surface area (Å²) in [5.74, 6) is 0.547. The van der Waals surface area contributed by atoms with E-state index in [0.717, 1.165) is 51.6 Å². The molecule has 2 unspecified atom stereocenters. The molecule has 0 spiro atoms. The monoisotopic (exact) mass is 653 g/mol. The van der Waals surface area contributed by atoms with Crippen molar-refractivity contribution in [2.24, 2.45) is 16.7 Å². The molecule has 6 nitrogen and oxygen atoms in total. The molecule has 0 aliphatic rings. The van der Waals surface area contributed by atoms with Crippen LogP contribution in [0.2, 0.25) is 0 Å². The zero-order valence-electron chi connectivity index (χ0n) is 32.7. The number of unbranched alkanes of at least 4 members (excludes halogenated alkanes) is 12. The van der Waals surface area contributed by atoms with E-state index < -0.39 is 0 Å². The second-order valence-corrected chi connectivity index (χ2v) is 17.0. The predicted octanol–water partition coefficient (Wildman–Crippen LogP) is 10.5. The van der Waals surface area contributed by atoms with Crippen LogP contribution in [0.4, 0.5) is 0 Å². The molecule has 0 aromatic rings. The molecule has 0 radical (unpaired) electrons. The van der Waals surface area contributed by atoms with Crippen LogP contribution in [-0.4, -0.2) is 74.7 Å². The molecule has 0 aromatic heterocycles. The molecule has 0 saturated heterocycles. The molecule has 0 N–H and O–H groups in total. The van der Waals surface area contributed by atoms with E-state index in [9.17, 15) is 9.59 Å². The first-order chi connectivity index (χ1) is 21.6. The molecule has 0 rings (SSSR count). The van der Waals surface area contributed by atoms with Gasteiger partial charge in [-0.1, -0.05) is 113 Å². The van der Waals surface area contributed by atoms with Crippen molar-refractivity contribution in [2.75, 3.05) is 46.9 Å². The third-order valence-electron chi connectivity index (χ3n) is 8.64. The standard InChI is InChI=1S/C40H80N2O4/c1-35(33-39(3,4)5)27-32-45-37(43)25-21-17-13-11-15-19-23-28-42(31-30-41(9)10)29-24-20-16-12-14-18-22-26-38(44)46-36(2)34-40(6,7)8/h35-36H,11-34H2,1-10H3. The smallest absolute Gasteiger partial charge is 0.306 e. The second-order valence-electron chi connectivity index (χ2n) is 17.0. The van der Waals surface area contributed by atoms with Crippen LogP contribution in [-0.2, 0) is 19.1 Å². The molecule has 0 saturated carbocycles. The topological polar surface area (TPSA) is 59.1 Å². The van der Waals surface area contributed by atoms with Gasteiger partial charge in [0.1, 0.15) is 0 Å². The molecule has 0 aliphatic carbocycles. The van der Waals surface area contributed by atoms with Gasteiger partial charge in [-0.05, 0) is 95.8 Å². The average Bonchev–Trinajstić information content (AvgIpc) is 2.91. The highest BCUT2D eigenvalue weighted by Gasteiger charge is 2.18. The Labute approximate surface area is 287 Å². The number of esters is 2. The Bertz CT molecular complexity index is 741. The summed E-state index contributed by atoms with van der Waals surface area (Å²) in [4.78, 5) is 29.1. The molecule has 0 fully saturated rings. The van der Waals surface area contributed by atoms with E-state index in [1.807, 2.05) is 6.92 Å². The van der Waals surface area contributed by atoms with E-state index in [1.54, 1.807) is 0 Å². The molecule has 0 aliphatic heterocycles. The molecule has 0 aromatic carbocycles. The normalized spacial score (nSPS) is 13.7. The maximum Gasteiger partial charge on any atom is 0.306 e. The van der Waals surface area contributed by atoms with Gasteiger partial charge in [-0.3, -0.25) is 9.59 Å². The number of carbonyl (C=O) groups excluding carboxylic acids is 2. The highest BCUT2D eigenvalue weighted by Crippen LogP contribution is 2.26. The molecule has 2 atom stereocenters. The van der Waals surface area contributed by atoms with Crippen LogP contribution in [0.15, 0.2) is 0 Å². The van der Waals surface area contributed by atoms with Gasteiger partial charge in [0, 0.05) is 25.9 Å². The first kappa shape index (κ1) is 44.9. The number of ether oxygens (including phenoxy) is 2. The Kier molecular flexibility index (Phi) is 26.1. The molecule has 46 heavy (non-hydrogen) atoms. The lowest BCUT2D eigenvalue weighted by atomic mass is 9.84. The lowest BCUT2D eigenvalue weighted by Crippen LogP contribution is -2.33. The number of rotatable bonds is 29. The largest absolute Gasteiger partial charge is 0.466 e. The Balaban J connectivity index is 3.84. The summed E-state index contributed by atoms with van der Waals surface area (Å²) in [7, 11) is 4.33. The molecule has 0 heterocycles. The summed E-state index contributed by atoms with van der Waals surface area (Å²) in [6.45, 7) is 22.9. The summed E-state index contributed by atoms with van der Waals surface area (Å²) in [5, 5.41) is 0. The summed E-state index contributed by atoms with van der Waals surface area (Å²) >= 11 is 0. The average molecular weight is 653 g/mol. The van der Waals surface area contributed by atoms with Gasteiger partial charge in [0.25, 0.3) is 0 Å². The quantitative estimate of drug-likeness (QED) is 0.0592. The lowest BCUT2D eigenvalue weighted by molar-refractivity contribution is -0.149. The Morgan fingerprint density at radius 2 is 1.00 bits per heavy atom. The molecule has 0 amide bonds. The molecule has 6 heteroatoms. The zero-order valence-corrected chi connectivity index (χ0v) is 32.7. The van der Waals surface area contributed by atoms with Gasteiger partial charge in [-0.15, -0.1) is 0 Å². The Morgan fingerprint density at radius 1 is 0.565 bits per heavy atom. The van der Waals surface area contributed by atoms with Gasteiger partial charge < -0.3 is 19.3 Å². The van der Waals surface area contributed by atoms with E-state index in [0.29, 0.717) is 30.8 Å². The number of carbonyl (C=O) groups is 2. The van der Waals surface area contributed by atoms with Crippen LogP contribution >= 0.6 is 0 Å². The van der Waals surface area contributed by atoms with Gasteiger partial charge in [0.15, 0.2) is 0 Å². The van der Waals surface area contributed by atoms with E-state index in [4.69, 9.17) is 9.47 Å². The number of hydrogen-bond donors (Lipinski definition) is 0. The highest BCUT2D eigenvalue weighted by molar-refractivity contribution is 5.69. The summed E-state index contributed by atoms with van der Waals surface area (Å²) < 4.78 is 11.0. The molecule has 274 valence electrons. The fourth-order valence-corrected chi connectivity index (χ4v) is 6.44. The first-order valence-electron chi connectivity index (χ1n) is 19.3. The van der Waals surface area contributed by atoms with E-state index >= 15 is 0 Å². The summed E-state index contributed by atoms with van der Waals surface area (Å²) in [5.41, 5.74) is 0.526.